The number of nitrogens with two attached hydrogens (primary N) is 1. The fourth-order valence-corrected chi connectivity index (χ4v) is 3.27. The van der Waals surface area contributed by atoms with Gasteiger partial charge in [0.1, 0.15) is 5.01 Å². The van der Waals surface area contributed by atoms with Crippen LogP contribution >= 0.6 is 27.3 Å². The molecule has 0 aliphatic carbocycles. The van der Waals surface area contributed by atoms with Gasteiger partial charge in [0.25, 0.3) is 0 Å². The van der Waals surface area contributed by atoms with Crippen molar-refractivity contribution in [1.29, 1.82) is 0 Å². The molecule has 20 heavy (non-hydrogen) atoms. The van der Waals surface area contributed by atoms with Gasteiger partial charge in [0.2, 0.25) is 0 Å². The zero-order valence-corrected chi connectivity index (χ0v) is 13.0. The Balaban J connectivity index is 2.10. The number of thiazole rings is 1. The highest BCUT2D eigenvalue weighted by Gasteiger charge is 2.13. The van der Waals surface area contributed by atoms with Crippen molar-refractivity contribution in [3.05, 3.63) is 58.1 Å². The number of hydrogen-bond acceptors (Lipinski definition) is 4. The maximum Gasteiger partial charge on any atom is 0.125 e. The lowest BCUT2D eigenvalue weighted by Crippen LogP contribution is -1.95. The van der Waals surface area contributed by atoms with E-state index in [0.29, 0.717) is 6.54 Å². The summed E-state index contributed by atoms with van der Waals surface area (Å²) in [6, 6.07) is 12.1. The summed E-state index contributed by atoms with van der Waals surface area (Å²) in [7, 11) is 0. The van der Waals surface area contributed by atoms with E-state index in [0.717, 1.165) is 31.2 Å². The normalized spacial score (nSPS) is 10.7. The van der Waals surface area contributed by atoms with Crippen LogP contribution in [0.15, 0.2) is 53.3 Å². The Labute approximate surface area is 129 Å². The predicted molar refractivity (Wildman–Crippen MR) is 86.4 cm³/mol. The average molecular weight is 346 g/mol. The van der Waals surface area contributed by atoms with E-state index in [2.05, 4.69) is 33.0 Å². The van der Waals surface area contributed by atoms with Crippen molar-refractivity contribution < 1.29 is 0 Å². The quantitative estimate of drug-likeness (QED) is 0.777. The van der Waals surface area contributed by atoms with E-state index in [1.165, 1.54) is 0 Å². The summed E-state index contributed by atoms with van der Waals surface area (Å²) in [6.07, 6.45) is 3.58. The Morgan fingerprint density at radius 2 is 1.90 bits per heavy atom. The fourth-order valence-electron chi connectivity index (χ4n) is 1.96. The third kappa shape index (κ3) is 2.65. The molecule has 0 saturated carbocycles. The molecule has 0 atom stereocenters. The van der Waals surface area contributed by atoms with Gasteiger partial charge in [-0.25, -0.2) is 4.98 Å². The van der Waals surface area contributed by atoms with E-state index in [-0.39, 0.29) is 0 Å². The number of halogens is 1. The van der Waals surface area contributed by atoms with Crippen molar-refractivity contribution in [2.75, 3.05) is 0 Å². The first-order valence-corrected chi connectivity index (χ1v) is 7.75. The zero-order valence-electron chi connectivity index (χ0n) is 10.6. The smallest absolute Gasteiger partial charge is 0.125 e. The number of aromatic nitrogens is 2. The maximum absolute atomic E-state index is 5.85. The second-order valence-corrected chi connectivity index (χ2v) is 6.25. The third-order valence-electron chi connectivity index (χ3n) is 2.88. The first kappa shape index (κ1) is 13.4. The van der Waals surface area contributed by atoms with Crippen molar-refractivity contribution in [1.82, 2.24) is 9.97 Å². The predicted octanol–water partition coefficient (Wildman–Crippen LogP) is 4.09. The molecule has 2 aromatic heterocycles. The Kier molecular flexibility index (Phi) is 3.91. The number of nitrogens with zero attached hydrogens (tertiary/aromatic N) is 2. The van der Waals surface area contributed by atoms with Crippen molar-refractivity contribution >= 4 is 27.3 Å². The Bertz CT molecular complexity index is 725. The van der Waals surface area contributed by atoms with Gasteiger partial charge < -0.3 is 5.73 Å². The molecule has 0 amide bonds. The molecule has 2 heterocycles. The Hall–Kier alpha value is -1.56. The molecule has 100 valence electrons. The molecular formula is C15H12BrN3S. The lowest BCUT2D eigenvalue weighted by Gasteiger charge is -1.98. The molecular weight excluding hydrogens is 334 g/mol. The number of benzene rings is 1. The van der Waals surface area contributed by atoms with Gasteiger partial charge in [0.15, 0.2) is 0 Å². The van der Waals surface area contributed by atoms with E-state index < -0.39 is 0 Å². The summed E-state index contributed by atoms with van der Waals surface area (Å²) < 4.78 is 0.945. The van der Waals surface area contributed by atoms with Crippen LogP contribution in [0.3, 0.4) is 0 Å². The second kappa shape index (κ2) is 5.83. The molecule has 0 unspecified atom stereocenters. The minimum Gasteiger partial charge on any atom is -0.326 e. The van der Waals surface area contributed by atoms with Crippen LogP contribution in [0, 0.1) is 0 Å². The molecule has 0 bridgehead atoms. The molecule has 1 aromatic carbocycles. The van der Waals surface area contributed by atoms with E-state index in [1.807, 2.05) is 30.5 Å². The Morgan fingerprint density at radius 1 is 1.10 bits per heavy atom. The van der Waals surface area contributed by atoms with Crippen LogP contribution in [0.2, 0.25) is 0 Å². The molecule has 3 rings (SSSR count). The number of hydrogen-bond donors (Lipinski definition) is 1. The molecule has 2 N–H and O–H groups in total. The molecule has 3 aromatic rings. The van der Waals surface area contributed by atoms with Gasteiger partial charge in [0, 0.05) is 39.4 Å². The van der Waals surface area contributed by atoms with Gasteiger partial charge in [-0.3, -0.25) is 4.98 Å². The minimum atomic E-state index is 0.489. The van der Waals surface area contributed by atoms with Crippen molar-refractivity contribution in [2.45, 2.75) is 6.54 Å². The molecule has 0 fully saturated rings. The number of rotatable bonds is 3. The SMILES string of the molecule is NCc1sc(-c2cncc(Br)c2)nc1-c1ccccc1. The van der Waals surface area contributed by atoms with Gasteiger partial charge in [0.05, 0.1) is 5.69 Å². The summed E-state index contributed by atoms with van der Waals surface area (Å²) in [5, 5.41) is 0.943. The van der Waals surface area contributed by atoms with Gasteiger partial charge in [-0.1, -0.05) is 30.3 Å². The molecule has 0 aliphatic heterocycles. The fraction of sp³-hybridized carbons (Fsp3) is 0.0667. The van der Waals surface area contributed by atoms with E-state index in [1.54, 1.807) is 17.5 Å². The molecule has 0 radical (unpaired) electrons. The van der Waals surface area contributed by atoms with E-state index in [9.17, 15) is 0 Å². The van der Waals surface area contributed by atoms with Crippen LogP contribution in [0.4, 0.5) is 0 Å². The van der Waals surface area contributed by atoms with E-state index in [4.69, 9.17) is 10.7 Å². The Morgan fingerprint density at radius 3 is 2.60 bits per heavy atom. The van der Waals surface area contributed by atoms with Gasteiger partial charge in [-0.15, -0.1) is 11.3 Å². The van der Waals surface area contributed by atoms with Crippen molar-refractivity contribution in [3.63, 3.8) is 0 Å². The van der Waals surface area contributed by atoms with E-state index >= 15 is 0 Å². The molecule has 0 saturated heterocycles. The average Bonchev–Trinajstić information content (AvgIpc) is 2.92. The summed E-state index contributed by atoms with van der Waals surface area (Å²) in [5.41, 5.74) is 8.92. The highest BCUT2D eigenvalue weighted by molar-refractivity contribution is 9.10. The first-order valence-electron chi connectivity index (χ1n) is 6.14. The monoisotopic (exact) mass is 345 g/mol. The third-order valence-corrected chi connectivity index (χ3v) is 4.44. The van der Waals surface area contributed by atoms with Crippen LogP contribution in [0.1, 0.15) is 4.88 Å². The zero-order chi connectivity index (χ0) is 13.9. The largest absolute Gasteiger partial charge is 0.326 e. The minimum absolute atomic E-state index is 0.489. The van der Waals surface area contributed by atoms with Gasteiger partial charge in [-0.2, -0.15) is 0 Å². The van der Waals surface area contributed by atoms with Gasteiger partial charge >= 0.3 is 0 Å². The molecule has 3 nitrogen and oxygen atoms in total. The standard InChI is InChI=1S/C15H12BrN3S/c16-12-6-11(8-18-9-12)15-19-14(13(7-17)20-15)10-4-2-1-3-5-10/h1-6,8-9H,7,17H2. The van der Waals surface area contributed by atoms with Gasteiger partial charge in [-0.05, 0) is 22.0 Å². The lowest BCUT2D eigenvalue weighted by molar-refractivity contribution is 1.10. The lowest BCUT2D eigenvalue weighted by atomic mass is 10.1. The van der Waals surface area contributed by atoms with Crippen LogP contribution < -0.4 is 5.73 Å². The summed E-state index contributed by atoms with van der Waals surface area (Å²) in [6.45, 7) is 0.489. The highest BCUT2D eigenvalue weighted by atomic mass is 79.9. The molecule has 0 aliphatic rings. The van der Waals surface area contributed by atoms with Crippen LogP contribution in [-0.2, 0) is 6.54 Å². The van der Waals surface area contributed by atoms with Crippen LogP contribution in [0.25, 0.3) is 21.8 Å². The van der Waals surface area contributed by atoms with Crippen LogP contribution in [0.5, 0.6) is 0 Å². The first-order chi connectivity index (χ1) is 9.78. The van der Waals surface area contributed by atoms with Crippen LogP contribution in [-0.4, -0.2) is 9.97 Å². The maximum atomic E-state index is 5.85. The second-order valence-electron chi connectivity index (χ2n) is 4.25. The molecule has 0 spiro atoms. The number of pyridine rings is 1. The topological polar surface area (TPSA) is 51.8 Å². The summed E-state index contributed by atoms with van der Waals surface area (Å²) in [5.74, 6) is 0. The highest BCUT2D eigenvalue weighted by Crippen LogP contribution is 2.33. The summed E-state index contributed by atoms with van der Waals surface area (Å²) in [4.78, 5) is 10.0. The summed E-state index contributed by atoms with van der Waals surface area (Å²) >= 11 is 5.06. The molecule has 5 heteroatoms. The van der Waals surface area contributed by atoms with Crippen molar-refractivity contribution in [3.8, 4) is 21.8 Å². The van der Waals surface area contributed by atoms with Crippen molar-refractivity contribution in [2.24, 2.45) is 5.73 Å².